The molecule has 35 heavy (non-hydrogen) atoms. The second kappa shape index (κ2) is 7.85. The van der Waals surface area contributed by atoms with Gasteiger partial charge in [0.05, 0.1) is 9.79 Å². The van der Waals surface area contributed by atoms with Crippen LogP contribution in [0.1, 0.15) is 0 Å². The van der Waals surface area contributed by atoms with Crippen molar-refractivity contribution in [3.05, 3.63) is 96.6 Å². The summed E-state index contributed by atoms with van der Waals surface area (Å²) in [5.74, 6) is -0.503. The fourth-order valence-electron chi connectivity index (χ4n) is 3.77. The highest BCUT2D eigenvalue weighted by Gasteiger charge is 2.22. The predicted molar refractivity (Wildman–Crippen MR) is 124 cm³/mol. The van der Waals surface area contributed by atoms with E-state index in [1.165, 1.54) is 72.8 Å². The van der Waals surface area contributed by atoms with Gasteiger partial charge in [-0.2, -0.15) is 0 Å². The lowest BCUT2D eigenvalue weighted by Gasteiger charge is -2.04. The van der Waals surface area contributed by atoms with Crippen LogP contribution in [0, 0.1) is 11.6 Å². The van der Waals surface area contributed by atoms with Gasteiger partial charge < -0.3 is 8.83 Å². The maximum absolute atomic E-state index is 13.6. The molecule has 4 aromatic carbocycles. The number of sulfone groups is 1. The predicted octanol–water partition coefficient (Wildman–Crippen LogP) is 6.41. The summed E-state index contributed by atoms with van der Waals surface area (Å²) in [4.78, 5) is 8.63. The van der Waals surface area contributed by atoms with E-state index in [1.807, 2.05) is 0 Å². The number of hydrogen-bond acceptors (Lipinski definition) is 6. The summed E-state index contributed by atoms with van der Waals surface area (Å²) < 4.78 is 65.2. The lowest BCUT2D eigenvalue weighted by Crippen LogP contribution is -2.01. The molecule has 0 radical (unpaired) electrons. The van der Waals surface area contributed by atoms with Gasteiger partial charge in [0.15, 0.2) is 11.2 Å². The molecule has 0 fully saturated rings. The number of aromatic nitrogens is 2. The molecule has 0 bridgehead atoms. The lowest BCUT2D eigenvalue weighted by atomic mass is 10.2. The van der Waals surface area contributed by atoms with Crippen molar-refractivity contribution in [3.63, 3.8) is 0 Å². The lowest BCUT2D eigenvalue weighted by molar-refractivity contribution is 0.592. The number of benzene rings is 4. The Labute approximate surface area is 197 Å². The molecule has 0 spiro atoms. The van der Waals surface area contributed by atoms with Gasteiger partial charge in [-0.3, -0.25) is 0 Å². The Balaban J connectivity index is 1.38. The maximum Gasteiger partial charge on any atom is 0.227 e. The molecule has 2 heterocycles. The van der Waals surface area contributed by atoms with Gasteiger partial charge in [-0.25, -0.2) is 27.2 Å². The molecule has 0 amide bonds. The minimum atomic E-state index is -3.94. The Morgan fingerprint density at radius 3 is 1.49 bits per heavy atom. The summed E-state index contributed by atoms with van der Waals surface area (Å²) in [5, 5.41) is 0. The van der Waals surface area contributed by atoms with Crippen molar-refractivity contribution in [2.75, 3.05) is 0 Å². The van der Waals surface area contributed by atoms with Crippen molar-refractivity contribution in [2.24, 2.45) is 0 Å². The minimum absolute atomic E-state index is 0.00355. The molecule has 172 valence electrons. The van der Waals surface area contributed by atoms with Gasteiger partial charge >= 0.3 is 0 Å². The summed E-state index contributed by atoms with van der Waals surface area (Å²) in [6, 6.07) is 20.2. The maximum atomic E-state index is 13.6. The van der Waals surface area contributed by atoms with Gasteiger partial charge in [-0.1, -0.05) is 12.1 Å². The Kier molecular flexibility index (Phi) is 4.75. The number of fused-ring (bicyclic) bond motifs is 2. The SMILES string of the molecule is O=S(=O)(c1ccc2nc(-c3cccc(F)c3)oc2c1)c1ccc2nc(-c3cccc(F)c3)oc2c1. The molecule has 9 heteroatoms. The van der Waals surface area contributed by atoms with Crippen molar-refractivity contribution in [1.29, 1.82) is 0 Å². The fourth-order valence-corrected chi connectivity index (χ4v) is 5.06. The van der Waals surface area contributed by atoms with Crippen LogP contribution in [0.15, 0.2) is 104 Å². The second-order valence-corrected chi connectivity index (χ2v) is 9.77. The Hall–Kier alpha value is -4.37. The van der Waals surface area contributed by atoms with Crippen LogP contribution >= 0.6 is 0 Å². The summed E-state index contributed by atoms with van der Waals surface area (Å²) in [7, 11) is -3.94. The zero-order valence-corrected chi connectivity index (χ0v) is 18.6. The van der Waals surface area contributed by atoms with Gasteiger partial charge in [0.1, 0.15) is 22.7 Å². The van der Waals surface area contributed by atoms with Gasteiger partial charge in [0.25, 0.3) is 0 Å². The molecule has 0 aliphatic rings. The van der Waals surface area contributed by atoms with Crippen molar-refractivity contribution in [3.8, 4) is 22.9 Å². The van der Waals surface area contributed by atoms with Gasteiger partial charge in [0, 0.05) is 23.3 Å². The first-order chi connectivity index (χ1) is 16.9. The van der Waals surface area contributed by atoms with E-state index in [1.54, 1.807) is 12.1 Å². The highest BCUT2D eigenvalue weighted by molar-refractivity contribution is 7.91. The molecule has 0 unspecified atom stereocenters. The van der Waals surface area contributed by atoms with E-state index in [0.717, 1.165) is 0 Å². The summed E-state index contributed by atoms with van der Waals surface area (Å²) in [6.07, 6.45) is 0. The Morgan fingerprint density at radius 1 is 0.600 bits per heavy atom. The van der Waals surface area contributed by atoms with Crippen molar-refractivity contribution < 1.29 is 26.0 Å². The Bertz CT molecular complexity index is 1730. The normalized spacial score (nSPS) is 11.9. The molecule has 6 aromatic rings. The topological polar surface area (TPSA) is 86.2 Å². The van der Waals surface area contributed by atoms with E-state index in [0.29, 0.717) is 22.2 Å². The fraction of sp³-hybridized carbons (Fsp3) is 0. The third kappa shape index (κ3) is 3.75. The van der Waals surface area contributed by atoms with Crippen LogP contribution in [-0.2, 0) is 9.84 Å². The van der Waals surface area contributed by atoms with E-state index in [2.05, 4.69) is 9.97 Å². The highest BCUT2D eigenvalue weighted by atomic mass is 32.2. The van der Waals surface area contributed by atoms with E-state index >= 15 is 0 Å². The molecule has 2 aromatic heterocycles. The summed E-state index contributed by atoms with van der Waals surface area (Å²) in [5.41, 5.74) is 2.26. The van der Waals surface area contributed by atoms with E-state index in [-0.39, 0.29) is 32.7 Å². The molecule has 0 atom stereocenters. The summed E-state index contributed by atoms with van der Waals surface area (Å²) in [6.45, 7) is 0. The largest absolute Gasteiger partial charge is 0.436 e. The average molecular weight is 488 g/mol. The molecule has 0 saturated heterocycles. The van der Waals surface area contributed by atoms with Crippen LogP contribution in [0.4, 0.5) is 8.78 Å². The van der Waals surface area contributed by atoms with Crippen LogP contribution in [-0.4, -0.2) is 18.4 Å². The second-order valence-electron chi connectivity index (χ2n) is 7.82. The molecule has 6 nitrogen and oxygen atoms in total. The standard InChI is InChI=1S/C26H14F2N2O4S/c27-17-5-1-3-15(11-17)25-29-21-9-7-19(13-23(21)33-25)35(31,32)20-8-10-22-24(14-20)34-26(30-22)16-4-2-6-18(28)12-16/h1-14H. The van der Waals surface area contributed by atoms with Crippen LogP contribution in [0.3, 0.4) is 0 Å². The monoisotopic (exact) mass is 488 g/mol. The third-order valence-electron chi connectivity index (χ3n) is 5.48. The number of rotatable bonds is 4. The van der Waals surface area contributed by atoms with Crippen LogP contribution in [0.5, 0.6) is 0 Å². The van der Waals surface area contributed by atoms with Crippen LogP contribution < -0.4 is 0 Å². The molecule has 0 aliphatic heterocycles. The number of oxazole rings is 2. The first-order valence-electron chi connectivity index (χ1n) is 10.4. The molecular weight excluding hydrogens is 474 g/mol. The van der Waals surface area contributed by atoms with E-state index in [9.17, 15) is 17.2 Å². The van der Waals surface area contributed by atoms with Crippen molar-refractivity contribution in [1.82, 2.24) is 9.97 Å². The minimum Gasteiger partial charge on any atom is -0.436 e. The van der Waals surface area contributed by atoms with Crippen LogP contribution in [0.25, 0.3) is 45.1 Å². The Morgan fingerprint density at radius 2 is 1.06 bits per heavy atom. The highest BCUT2D eigenvalue weighted by Crippen LogP contribution is 2.31. The zero-order chi connectivity index (χ0) is 24.2. The quantitative estimate of drug-likeness (QED) is 0.285. The van der Waals surface area contributed by atoms with Gasteiger partial charge in [0.2, 0.25) is 21.6 Å². The molecule has 0 aliphatic carbocycles. The van der Waals surface area contributed by atoms with Gasteiger partial charge in [-0.15, -0.1) is 0 Å². The molecule has 6 rings (SSSR count). The molecule has 0 saturated carbocycles. The smallest absolute Gasteiger partial charge is 0.227 e. The van der Waals surface area contributed by atoms with Crippen molar-refractivity contribution in [2.45, 2.75) is 9.79 Å². The first-order valence-corrected chi connectivity index (χ1v) is 11.9. The van der Waals surface area contributed by atoms with Crippen molar-refractivity contribution >= 4 is 32.0 Å². The van der Waals surface area contributed by atoms with Gasteiger partial charge in [-0.05, 0) is 60.7 Å². The summed E-state index contributed by atoms with van der Waals surface area (Å²) >= 11 is 0. The van der Waals surface area contributed by atoms with Crippen LogP contribution in [0.2, 0.25) is 0 Å². The number of nitrogens with zero attached hydrogens (tertiary/aromatic N) is 2. The first kappa shape index (κ1) is 21.2. The zero-order valence-electron chi connectivity index (χ0n) is 17.8. The number of halogens is 2. The average Bonchev–Trinajstić information content (AvgIpc) is 3.47. The van der Waals surface area contributed by atoms with E-state index < -0.39 is 21.5 Å². The molecule has 0 N–H and O–H groups in total. The molecular formula is C26H14F2N2O4S. The third-order valence-corrected chi connectivity index (χ3v) is 7.23. The number of hydrogen-bond donors (Lipinski definition) is 0. The van der Waals surface area contributed by atoms with E-state index in [4.69, 9.17) is 8.83 Å².